The third-order valence-corrected chi connectivity index (χ3v) is 6.86. The standard InChI is InChI=1S/C24H36N2O3.Y/c1-4-26(17-22(27)25-23-18(2)10-8-11-19(23)3)15-9-12-20(16-26)24(28)29-21-13-6-5-7-14-21;/h8,10-11,20-21H,4-7,9,12-17H2,1-3H3;/p+1. The summed E-state index contributed by atoms with van der Waals surface area (Å²) in [5, 5.41) is 3.12. The molecule has 1 N–H and O–H groups in total. The molecular formula is C24H37N2O3Y+. The SMILES string of the molecule is CC[N+]1(CC(=O)Nc2c(C)cccc2C)CCCC(C(=O)OC2CCCCC2)C1.[Y]. The Kier molecular flexibility index (Phi) is 9.97. The number of piperidine rings is 1. The van der Waals surface area contributed by atoms with E-state index < -0.39 is 0 Å². The molecule has 6 heteroatoms. The summed E-state index contributed by atoms with van der Waals surface area (Å²) in [5.41, 5.74) is 3.07. The van der Waals surface area contributed by atoms with Crippen molar-refractivity contribution in [2.75, 3.05) is 31.5 Å². The van der Waals surface area contributed by atoms with Gasteiger partial charge >= 0.3 is 5.97 Å². The molecule has 5 nitrogen and oxygen atoms in total. The van der Waals surface area contributed by atoms with Gasteiger partial charge in [0.1, 0.15) is 12.0 Å². The molecule has 30 heavy (non-hydrogen) atoms. The van der Waals surface area contributed by atoms with Crippen molar-refractivity contribution in [1.29, 1.82) is 0 Å². The minimum Gasteiger partial charge on any atom is -0.462 e. The van der Waals surface area contributed by atoms with Crippen LogP contribution in [-0.4, -0.2) is 48.6 Å². The summed E-state index contributed by atoms with van der Waals surface area (Å²) in [4.78, 5) is 25.7. The number of anilines is 1. The number of hydrogen-bond donors (Lipinski definition) is 1. The molecule has 1 aliphatic heterocycles. The monoisotopic (exact) mass is 490 g/mol. The van der Waals surface area contributed by atoms with Crippen LogP contribution in [0.1, 0.15) is 63.0 Å². The zero-order chi connectivity index (χ0) is 20.9. The first-order chi connectivity index (χ1) is 13.9. The van der Waals surface area contributed by atoms with Crippen molar-refractivity contribution in [2.24, 2.45) is 5.92 Å². The van der Waals surface area contributed by atoms with Gasteiger partial charge in [0.25, 0.3) is 5.91 Å². The molecule has 2 unspecified atom stereocenters. The number of aryl methyl sites for hydroxylation is 2. The maximum absolute atomic E-state index is 12.9. The van der Waals surface area contributed by atoms with E-state index in [0.717, 1.165) is 68.4 Å². The topological polar surface area (TPSA) is 55.4 Å². The summed E-state index contributed by atoms with van der Waals surface area (Å²) in [6, 6.07) is 6.05. The third kappa shape index (κ3) is 6.61. The molecule has 2 atom stereocenters. The van der Waals surface area contributed by atoms with E-state index in [1.54, 1.807) is 0 Å². The van der Waals surface area contributed by atoms with E-state index in [9.17, 15) is 9.59 Å². The Balaban J connectivity index is 0.00000320. The molecule has 0 spiro atoms. The largest absolute Gasteiger partial charge is 0.462 e. The minimum atomic E-state index is -0.0846. The Labute approximate surface area is 206 Å². The van der Waals surface area contributed by atoms with Crippen LogP contribution < -0.4 is 5.32 Å². The van der Waals surface area contributed by atoms with Crippen molar-refractivity contribution >= 4 is 17.6 Å². The first-order valence-electron chi connectivity index (χ1n) is 11.3. The minimum absolute atomic E-state index is 0. The van der Waals surface area contributed by atoms with Gasteiger partial charge in [0, 0.05) is 38.4 Å². The molecule has 1 aliphatic carbocycles. The van der Waals surface area contributed by atoms with E-state index in [1.165, 1.54) is 6.42 Å². The van der Waals surface area contributed by atoms with Crippen LogP contribution >= 0.6 is 0 Å². The summed E-state index contributed by atoms with van der Waals surface area (Å²) in [6.45, 7) is 9.09. The number of carbonyl (C=O) groups is 2. The molecule has 1 heterocycles. The van der Waals surface area contributed by atoms with Crippen LogP contribution in [0.15, 0.2) is 18.2 Å². The number of likely N-dealkylation sites (tertiary alicyclic amines) is 1. The second-order valence-corrected chi connectivity index (χ2v) is 9.07. The molecule has 1 aromatic rings. The molecule has 1 aromatic carbocycles. The number of benzene rings is 1. The second-order valence-electron chi connectivity index (χ2n) is 9.07. The normalized spacial score (nSPS) is 24.6. The predicted octanol–water partition coefficient (Wildman–Crippen LogP) is 4.36. The average molecular weight is 490 g/mol. The Bertz CT molecular complexity index is 713. The van der Waals surface area contributed by atoms with Gasteiger partial charge in [-0.1, -0.05) is 24.6 Å². The fourth-order valence-corrected chi connectivity index (χ4v) is 5.00. The number of likely N-dealkylation sites (N-methyl/N-ethyl adjacent to an activating group) is 1. The van der Waals surface area contributed by atoms with Crippen molar-refractivity contribution in [3.63, 3.8) is 0 Å². The number of ether oxygens (including phenoxy) is 1. The van der Waals surface area contributed by atoms with E-state index in [4.69, 9.17) is 4.74 Å². The van der Waals surface area contributed by atoms with Crippen molar-refractivity contribution < 1.29 is 51.5 Å². The number of amides is 1. The Morgan fingerprint density at radius 2 is 1.73 bits per heavy atom. The van der Waals surface area contributed by atoms with E-state index in [-0.39, 0.29) is 56.6 Å². The van der Waals surface area contributed by atoms with Crippen LogP contribution in [0.4, 0.5) is 5.69 Å². The van der Waals surface area contributed by atoms with Gasteiger partial charge in [-0.3, -0.25) is 9.59 Å². The molecule has 0 bridgehead atoms. The molecule has 1 radical (unpaired) electrons. The van der Waals surface area contributed by atoms with Crippen LogP contribution in [-0.2, 0) is 47.0 Å². The first kappa shape index (κ1) is 25.5. The van der Waals surface area contributed by atoms with Gasteiger partial charge in [-0.2, -0.15) is 0 Å². The Morgan fingerprint density at radius 3 is 2.37 bits per heavy atom. The zero-order valence-corrected chi connectivity index (χ0v) is 21.8. The Morgan fingerprint density at radius 1 is 1.07 bits per heavy atom. The molecule has 0 aromatic heterocycles. The van der Waals surface area contributed by atoms with Gasteiger partial charge in [-0.25, -0.2) is 0 Å². The molecule has 1 saturated carbocycles. The Hall–Kier alpha value is -0.776. The van der Waals surface area contributed by atoms with E-state index in [2.05, 4.69) is 12.2 Å². The van der Waals surface area contributed by atoms with Crippen molar-refractivity contribution in [1.82, 2.24) is 0 Å². The fourth-order valence-electron chi connectivity index (χ4n) is 5.00. The molecular weight excluding hydrogens is 453 g/mol. The molecule has 3 rings (SSSR count). The first-order valence-corrected chi connectivity index (χ1v) is 11.3. The van der Waals surface area contributed by atoms with Gasteiger partial charge in [-0.15, -0.1) is 0 Å². The number of para-hydroxylation sites is 1. The third-order valence-electron chi connectivity index (χ3n) is 6.86. The maximum atomic E-state index is 12.9. The van der Waals surface area contributed by atoms with Crippen LogP contribution in [0.5, 0.6) is 0 Å². The van der Waals surface area contributed by atoms with Crippen LogP contribution in [0, 0.1) is 19.8 Å². The zero-order valence-electron chi connectivity index (χ0n) is 18.9. The van der Waals surface area contributed by atoms with Crippen LogP contribution in [0.25, 0.3) is 0 Å². The number of rotatable bonds is 6. The molecule has 2 fully saturated rings. The van der Waals surface area contributed by atoms with Gasteiger partial charge < -0.3 is 14.5 Å². The number of nitrogens with one attached hydrogen (secondary N) is 1. The molecule has 163 valence electrons. The number of carbonyl (C=O) groups excluding carboxylic acids is 2. The number of hydrogen-bond acceptors (Lipinski definition) is 3. The summed E-state index contributed by atoms with van der Waals surface area (Å²) >= 11 is 0. The summed E-state index contributed by atoms with van der Waals surface area (Å²) in [5.74, 6) is -0.0909. The van der Waals surface area contributed by atoms with Gasteiger partial charge in [0.15, 0.2) is 6.54 Å². The van der Waals surface area contributed by atoms with Crippen LogP contribution in [0.2, 0.25) is 0 Å². The van der Waals surface area contributed by atoms with E-state index in [1.807, 2.05) is 32.0 Å². The van der Waals surface area contributed by atoms with Crippen molar-refractivity contribution in [3.8, 4) is 0 Å². The molecule has 2 aliphatic rings. The quantitative estimate of drug-likeness (QED) is 0.476. The summed E-state index contributed by atoms with van der Waals surface area (Å²) in [7, 11) is 0. The van der Waals surface area contributed by atoms with Gasteiger partial charge in [0.05, 0.1) is 19.6 Å². The predicted molar refractivity (Wildman–Crippen MR) is 116 cm³/mol. The average Bonchev–Trinajstić information content (AvgIpc) is 2.72. The number of quaternary nitrogens is 1. The maximum Gasteiger partial charge on any atom is 0.314 e. The number of nitrogens with zero attached hydrogens (tertiary/aromatic N) is 1. The second kappa shape index (κ2) is 11.7. The summed E-state index contributed by atoms with van der Waals surface area (Å²) < 4.78 is 6.52. The van der Waals surface area contributed by atoms with Crippen LogP contribution in [0.3, 0.4) is 0 Å². The number of esters is 1. The van der Waals surface area contributed by atoms with E-state index in [0.29, 0.717) is 17.6 Å². The van der Waals surface area contributed by atoms with Crippen molar-refractivity contribution in [3.05, 3.63) is 29.3 Å². The fraction of sp³-hybridized carbons (Fsp3) is 0.667. The van der Waals surface area contributed by atoms with Gasteiger partial charge in [-0.05, 0) is 70.4 Å². The summed E-state index contributed by atoms with van der Waals surface area (Å²) in [6.07, 6.45) is 7.54. The van der Waals surface area contributed by atoms with Crippen molar-refractivity contribution in [2.45, 2.75) is 71.8 Å². The van der Waals surface area contributed by atoms with Gasteiger partial charge in [0.2, 0.25) is 0 Å². The molecule has 1 saturated heterocycles. The van der Waals surface area contributed by atoms with E-state index >= 15 is 0 Å². The molecule has 1 amide bonds. The smallest absolute Gasteiger partial charge is 0.314 e.